The van der Waals surface area contributed by atoms with Crippen LogP contribution in [-0.2, 0) is 22.7 Å². The van der Waals surface area contributed by atoms with Crippen molar-refractivity contribution in [3.8, 4) is 0 Å². The number of hydrogen-bond acceptors (Lipinski definition) is 3. The van der Waals surface area contributed by atoms with Gasteiger partial charge in [0.15, 0.2) is 0 Å². The van der Waals surface area contributed by atoms with E-state index in [-0.39, 0.29) is 5.92 Å². The molecule has 0 saturated carbocycles. The minimum atomic E-state index is -1.16. The summed E-state index contributed by atoms with van der Waals surface area (Å²) in [7, 11) is 4.64. The number of carbonyl (C=O) groups is 1. The first-order chi connectivity index (χ1) is 9.64. The summed E-state index contributed by atoms with van der Waals surface area (Å²) in [4.78, 5) is 10.1. The van der Waals surface area contributed by atoms with Gasteiger partial charge in [-0.3, -0.25) is 0 Å². The Balaban J connectivity index is 0. The number of halogens is 1. The molecule has 0 aromatic heterocycles. The zero-order valence-electron chi connectivity index (χ0n) is 14.0. The van der Waals surface area contributed by atoms with Gasteiger partial charge in [0, 0.05) is 6.04 Å². The van der Waals surface area contributed by atoms with Gasteiger partial charge in [0.1, 0.15) is 0 Å². The molecule has 0 saturated heterocycles. The third-order valence-electron chi connectivity index (χ3n) is 4.34. The molecule has 1 unspecified atom stereocenters. The summed E-state index contributed by atoms with van der Waals surface area (Å²) in [5.41, 5.74) is 12.5. The van der Waals surface area contributed by atoms with Gasteiger partial charge in [-0.05, 0) is 5.92 Å². The third kappa shape index (κ3) is 7.01. The van der Waals surface area contributed by atoms with Crippen molar-refractivity contribution < 1.29 is 27.8 Å². The van der Waals surface area contributed by atoms with E-state index in [0.29, 0.717) is 0 Å². The van der Waals surface area contributed by atoms with Crippen LogP contribution in [0.25, 0.3) is 0 Å². The summed E-state index contributed by atoms with van der Waals surface area (Å²) in [5, 5.41) is 10.1. The quantitative estimate of drug-likeness (QED) is 0.660. The molecule has 1 rings (SSSR count). The molecular formula is C16H27ClIrNO2. The molecule has 2 N–H and O–H groups in total. The Morgan fingerprint density at radius 2 is 1.57 bits per heavy atom. The SMILES string of the molecule is CCC(C)[C@H](N)C(=O)[O-].Cc1c(C)c(C)[c-](C)c1C.[Cl][Ir+2]. The van der Waals surface area contributed by atoms with E-state index in [1.165, 1.54) is 45.7 Å². The number of carboxylic acid groups (broad SMARTS) is 1. The first kappa shape index (κ1) is 23.0. The van der Waals surface area contributed by atoms with Crippen LogP contribution < -0.4 is 10.8 Å². The van der Waals surface area contributed by atoms with Crippen LogP contribution in [0.4, 0.5) is 0 Å². The Morgan fingerprint density at radius 3 is 1.67 bits per heavy atom. The average molecular weight is 493 g/mol. The van der Waals surface area contributed by atoms with Gasteiger partial charge in [0.2, 0.25) is 0 Å². The second kappa shape index (κ2) is 11.3. The number of carbonyl (C=O) groups excluding carboxylic acids is 1. The van der Waals surface area contributed by atoms with Crippen molar-refractivity contribution in [3.63, 3.8) is 0 Å². The second-order valence-electron chi connectivity index (χ2n) is 5.36. The van der Waals surface area contributed by atoms with E-state index >= 15 is 0 Å². The molecule has 1 aromatic carbocycles. The molecule has 0 aliphatic carbocycles. The van der Waals surface area contributed by atoms with E-state index in [1.54, 1.807) is 6.92 Å². The first-order valence-corrected chi connectivity index (χ1v) is 9.90. The van der Waals surface area contributed by atoms with Crippen molar-refractivity contribution in [3.05, 3.63) is 27.8 Å². The molecule has 0 bridgehead atoms. The fourth-order valence-electron chi connectivity index (χ4n) is 1.89. The average Bonchev–Trinajstić information content (AvgIpc) is 2.66. The van der Waals surface area contributed by atoms with Gasteiger partial charge in [0.05, 0.1) is 5.97 Å². The van der Waals surface area contributed by atoms with Crippen molar-refractivity contribution in [1.82, 2.24) is 0 Å². The van der Waals surface area contributed by atoms with Gasteiger partial charge >= 0.3 is 27.5 Å². The zero-order chi connectivity index (χ0) is 17.3. The van der Waals surface area contributed by atoms with Crippen LogP contribution in [0.15, 0.2) is 0 Å². The van der Waals surface area contributed by atoms with Crippen molar-refractivity contribution in [2.75, 3.05) is 0 Å². The van der Waals surface area contributed by atoms with E-state index in [9.17, 15) is 9.90 Å². The molecule has 1 aromatic rings. The van der Waals surface area contributed by atoms with Crippen LogP contribution in [0.1, 0.15) is 48.1 Å². The van der Waals surface area contributed by atoms with Gasteiger partial charge in [-0.1, -0.05) is 54.9 Å². The molecule has 0 heterocycles. The molecule has 0 radical (unpaired) electrons. The van der Waals surface area contributed by atoms with Crippen LogP contribution in [0.5, 0.6) is 0 Å². The molecule has 3 nitrogen and oxygen atoms in total. The Bertz CT molecular complexity index is 364. The van der Waals surface area contributed by atoms with Crippen molar-refractivity contribution in [2.24, 2.45) is 11.7 Å². The van der Waals surface area contributed by atoms with E-state index in [1.807, 2.05) is 6.92 Å². The maximum atomic E-state index is 10.1. The molecule has 21 heavy (non-hydrogen) atoms. The summed E-state index contributed by atoms with van der Waals surface area (Å²) in [5.74, 6) is -1.15. The van der Waals surface area contributed by atoms with E-state index in [0.717, 1.165) is 6.42 Å². The first-order valence-electron chi connectivity index (χ1n) is 6.93. The minimum absolute atomic E-state index is 0.00926. The number of nitrogens with two attached hydrogens (primary N) is 1. The summed E-state index contributed by atoms with van der Waals surface area (Å²) in [6, 6.07) is -0.810. The van der Waals surface area contributed by atoms with Crippen molar-refractivity contribution in [1.29, 1.82) is 0 Å². The summed E-state index contributed by atoms with van der Waals surface area (Å²) in [6.45, 7) is 14.7. The van der Waals surface area contributed by atoms with Gasteiger partial charge in [-0.2, -0.15) is 27.8 Å². The van der Waals surface area contributed by atoms with Crippen LogP contribution in [0, 0.1) is 40.5 Å². The topological polar surface area (TPSA) is 66.2 Å². The maximum absolute atomic E-state index is 10.1. The molecule has 2 atom stereocenters. The Hall–Kier alpha value is -0.281. The predicted molar refractivity (Wildman–Crippen MR) is 84.0 cm³/mol. The van der Waals surface area contributed by atoms with Crippen LogP contribution >= 0.6 is 9.58 Å². The van der Waals surface area contributed by atoms with Gasteiger partial charge in [0.25, 0.3) is 0 Å². The predicted octanol–water partition coefficient (Wildman–Crippen LogP) is 2.74. The standard InChI is InChI=1S/C10H15.C6H13NO2.ClH.Ir/c1-6-7(2)9(4)10(5)8(6)3;1-3-4(2)5(7)6(8)9;;/h1-5H3;4-5H,3,7H2,1-2H3,(H,8,9);1H;/q-1;;;+3/p-2/t;4?,5-;;/m.0../s1. The number of aliphatic carboxylic acids is 1. The van der Waals surface area contributed by atoms with Gasteiger partial charge in [-0.15, -0.1) is 0 Å². The van der Waals surface area contributed by atoms with Crippen LogP contribution in [-0.4, -0.2) is 12.0 Å². The summed E-state index contributed by atoms with van der Waals surface area (Å²) < 4.78 is 0. The zero-order valence-corrected chi connectivity index (χ0v) is 17.1. The van der Waals surface area contributed by atoms with Crippen molar-refractivity contribution in [2.45, 2.75) is 60.9 Å². The van der Waals surface area contributed by atoms with Crippen LogP contribution in [0.3, 0.4) is 0 Å². The molecule has 0 aliphatic heterocycles. The summed E-state index contributed by atoms with van der Waals surface area (Å²) >= 11 is 1.47. The number of carboxylic acids is 1. The fourth-order valence-corrected chi connectivity index (χ4v) is 1.89. The monoisotopic (exact) mass is 493 g/mol. The Kier molecular flexibility index (Phi) is 12.4. The van der Waals surface area contributed by atoms with E-state index in [2.05, 4.69) is 44.2 Å². The summed E-state index contributed by atoms with van der Waals surface area (Å²) in [6.07, 6.45) is 0.773. The molecule has 0 spiro atoms. The normalized spacial score (nSPS) is 12.5. The van der Waals surface area contributed by atoms with Crippen LogP contribution in [0.2, 0.25) is 0 Å². The van der Waals surface area contributed by atoms with Gasteiger partial charge < -0.3 is 15.6 Å². The fraction of sp³-hybridized carbons (Fsp3) is 0.625. The van der Waals surface area contributed by atoms with E-state index < -0.39 is 12.0 Å². The Labute approximate surface area is 143 Å². The van der Waals surface area contributed by atoms with Gasteiger partial charge in [-0.25, -0.2) is 0 Å². The number of hydrogen-bond donors (Lipinski definition) is 1. The molecule has 124 valence electrons. The Morgan fingerprint density at radius 1 is 1.24 bits per heavy atom. The molecule has 0 aliphatic rings. The third-order valence-corrected chi connectivity index (χ3v) is 4.34. The van der Waals surface area contributed by atoms with Crippen molar-refractivity contribution >= 4 is 15.6 Å². The molecule has 5 heteroatoms. The molecule has 0 fully saturated rings. The van der Waals surface area contributed by atoms with E-state index in [4.69, 9.17) is 5.73 Å². The molecular weight excluding hydrogens is 466 g/mol. The second-order valence-corrected chi connectivity index (χ2v) is 5.36. The molecule has 0 amide bonds. The number of rotatable bonds is 3.